The lowest BCUT2D eigenvalue weighted by atomic mass is 9.92. The molecule has 1 aromatic heterocycles. The van der Waals surface area contributed by atoms with Crippen LogP contribution in [-0.2, 0) is 0 Å². The lowest BCUT2D eigenvalue weighted by Gasteiger charge is -2.17. The lowest BCUT2D eigenvalue weighted by molar-refractivity contribution is -0.384. The largest absolute Gasteiger partial charge is 0.493 e. The van der Waals surface area contributed by atoms with Crippen molar-refractivity contribution in [3.8, 4) is 23.0 Å². The molecule has 5 rings (SSSR count). The number of rotatable bonds is 5. The number of aryl methyl sites for hydroxylation is 1. The van der Waals surface area contributed by atoms with Crippen LogP contribution in [0.5, 0.6) is 23.0 Å². The Kier molecular flexibility index (Phi) is 5.01. The molecule has 4 aromatic carbocycles. The second-order valence-electron chi connectivity index (χ2n) is 7.91. The minimum absolute atomic E-state index is 0.00608. The van der Waals surface area contributed by atoms with Crippen molar-refractivity contribution in [1.82, 2.24) is 4.98 Å². The summed E-state index contributed by atoms with van der Waals surface area (Å²) in [6, 6.07) is 12.4. The third kappa shape index (κ3) is 3.02. The highest BCUT2D eigenvalue weighted by Crippen LogP contribution is 2.45. The van der Waals surface area contributed by atoms with E-state index >= 15 is 0 Å². The third-order valence-corrected chi connectivity index (χ3v) is 6.25. The van der Waals surface area contributed by atoms with E-state index in [2.05, 4.69) is 0 Å². The Bertz CT molecular complexity index is 1640. The fourth-order valence-electron chi connectivity index (χ4n) is 4.65. The smallest absolute Gasteiger partial charge is 0.270 e. The van der Waals surface area contributed by atoms with Crippen molar-refractivity contribution in [2.24, 2.45) is 0 Å². The minimum Gasteiger partial charge on any atom is -0.493 e. The fourth-order valence-corrected chi connectivity index (χ4v) is 4.65. The summed E-state index contributed by atoms with van der Waals surface area (Å²) >= 11 is 0. The zero-order valence-corrected chi connectivity index (χ0v) is 19.4. The highest BCUT2D eigenvalue weighted by atomic mass is 16.6. The first-order chi connectivity index (χ1) is 16.4. The average Bonchev–Trinajstić information content (AvgIpc) is 2.86. The molecule has 0 amide bonds. The van der Waals surface area contributed by atoms with Gasteiger partial charge in [-0.3, -0.25) is 15.1 Å². The van der Waals surface area contributed by atoms with Gasteiger partial charge in [0.25, 0.3) is 5.69 Å². The molecule has 0 spiro atoms. The number of nitro benzene ring substituents is 1. The molecule has 0 unspecified atom stereocenters. The number of methoxy groups -OCH3 is 4. The summed E-state index contributed by atoms with van der Waals surface area (Å²) in [5, 5.41) is 17.4. The van der Waals surface area contributed by atoms with Gasteiger partial charge in [0, 0.05) is 34.0 Å². The molecule has 0 radical (unpaired) electrons. The standard InChI is InChI=1S/C26H22N2O6/c1-13-16-9-21(31-2)23(33-4)11-19(16)25-15-7-6-14(28(29)30)8-17(15)18-10-22(32-3)24(34-5)12-20(18)26(25)27-13/h6-12H,1-5H3. The second kappa shape index (κ2) is 7.91. The first-order valence-electron chi connectivity index (χ1n) is 10.5. The first kappa shape index (κ1) is 21.5. The van der Waals surface area contributed by atoms with Crippen LogP contribution in [0.15, 0.2) is 42.5 Å². The van der Waals surface area contributed by atoms with Gasteiger partial charge in [-0.15, -0.1) is 0 Å². The van der Waals surface area contributed by atoms with E-state index in [1.165, 1.54) is 6.07 Å². The molecule has 0 aliphatic rings. The van der Waals surface area contributed by atoms with Gasteiger partial charge < -0.3 is 18.9 Å². The van der Waals surface area contributed by atoms with E-state index < -0.39 is 4.92 Å². The Labute approximate surface area is 194 Å². The number of non-ortho nitro benzene ring substituents is 1. The number of pyridine rings is 1. The third-order valence-electron chi connectivity index (χ3n) is 6.25. The Morgan fingerprint density at radius 2 is 1.18 bits per heavy atom. The molecule has 0 fully saturated rings. The van der Waals surface area contributed by atoms with Crippen LogP contribution in [-0.4, -0.2) is 38.3 Å². The van der Waals surface area contributed by atoms with Crippen molar-refractivity contribution >= 4 is 48.9 Å². The van der Waals surface area contributed by atoms with E-state index in [9.17, 15) is 10.1 Å². The zero-order chi connectivity index (χ0) is 24.1. The van der Waals surface area contributed by atoms with E-state index in [0.717, 1.165) is 48.9 Å². The molecule has 0 aliphatic heterocycles. The fraction of sp³-hybridized carbons (Fsp3) is 0.192. The normalized spacial score (nSPS) is 11.3. The Morgan fingerprint density at radius 3 is 1.74 bits per heavy atom. The number of ether oxygens (including phenoxy) is 4. The summed E-state index contributed by atoms with van der Waals surface area (Å²) < 4.78 is 22.2. The van der Waals surface area contributed by atoms with E-state index in [1.807, 2.05) is 31.2 Å². The quantitative estimate of drug-likeness (QED) is 0.183. The van der Waals surface area contributed by atoms with E-state index in [4.69, 9.17) is 23.9 Å². The number of hydrogen-bond acceptors (Lipinski definition) is 7. The molecule has 0 saturated carbocycles. The Balaban J connectivity index is 2.10. The highest BCUT2D eigenvalue weighted by molar-refractivity contribution is 6.31. The summed E-state index contributed by atoms with van der Waals surface area (Å²) in [5.74, 6) is 2.27. The maximum atomic E-state index is 11.6. The van der Waals surface area contributed by atoms with Crippen LogP contribution in [0.2, 0.25) is 0 Å². The molecule has 0 N–H and O–H groups in total. The molecular formula is C26H22N2O6. The van der Waals surface area contributed by atoms with E-state index in [1.54, 1.807) is 40.6 Å². The maximum Gasteiger partial charge on any atom is 0.270 e. The van der Waals surface area contributed by atoms with Crippen LogP contribution in [0.4, 0.5) is 5.69 Å². The van der Waals surface area contributed by atoms with Crippen molar-refractivity contribution in [3.63, 3.8) is 0 Å². The molecule has 8 heteroatoms. The molecule has 0 aliphatic carbocycles. The number of nitro groups is 1. The van der Waals surface area contributed by atoms with Crippen molar-refractivity contribution in [2.75, 3.05) is 28.4 Å². The minimum atomic E-state index is -0.393. The summed E-state index contributed by atoms with van der Waals surface area (Å²) in [7, 11) is 6.32. The predicted octanol–water partition coefficient (Wildman–Crippen LogP) is 5.95. The van der Waals surface area contributed by atoms with Gasteiger partial charge in [0.15, 0.2) is 23.0 Å². The summed E-state index contributed by atoms with van der Waals surface area (Å²) in [6.07, 6.45) is 0. The summed E-state index contributed by atoms with van der Waals surface area (Å²) in [5.41, 5.74) is 1.59. The molecule has 8 nitrogen and oxygen atoms in total. The predicted molar refractivity (Wildman–Crippen MR) is 132 cm³/mol. The molecule has 34 heavy (non-hydrogen) atoms. The number of aromatic nitrogens is 1. The molecule has 1 heterocycles. The summed E-state index contributed by atoms with van der Waals surface area (Å²) in [6.45, 7) is 1.94. The van der Waals surface area contributed by atoms with Gasteiger partial charge in [-0.25, -0.2) is 0 Å². The lowest BCUT2D eigenvalue weighted by Crippen LogP contribution is -1.97. The number of benzene rings is 4. The average molecular weight is 458 g/mol. The van der Waals surface area contributed by atoms with E-state index in [0.29, 0.717) is 23.0 Å². The van der Waals surface area contributed by atoms with Gasteiger partial charge in [-0.2, -0.15) is 0 Å². The van der Waals surface area contributed by atoms with Crippen molar-refractivity contribution in [2.45, 2.75) is 6.92 Å². The van der Waals surface area contributed by atoms with Crippen LogP contribution in [0.3, 0.4) is 0 Å². The Morgan fingerprint density at radius 1 is 0.676 bits per heavy atom. The zero-order valence-electron chi connectivity index (χ0n) is 19.4. The van der Waals surface area contributed by atoms with Crippen LogP contribution < -0.4 is 18.9 Å². The number of hydrogen-bond donors (Lipinski definition) is 0. The van der Waals surface area contributed by atoms with Crippen LogP contribution in [0, 0.1) is 17.0 Å². The first-order valence-corrected chi connectivity index (χ1v) is 10.5. The van der Waals surface area contributed by atoms with Crippen molar-refractivity contribution < 1.29 is 23.9 Å². The SMILES string of the molecule is COc1cc2c(C)nc3c4cc(OC)c(OC)cc4c4cc([N+](=O)[O-])ccc4c3c2cc1OC. The topological polar surface area (TPSA) is 93.0 Å². The van der Waals surface area contributed by atoms with Crippen molar-refractivity contribution in [3.05, 3.63) is 58.3 Å². The molecule has 172 valence electrons. The molecule has 0 saturated heterocycles. The molecular weight excluding hydrogens is 436 g/mol. The monoisotopic (exact) mass is 458 g/mol. The summed E-state index contributed by atoms with van der Waals surface area (Å²) in [4.78, 5) is 16.2. The Hall–Kier alpha value is -4.33. The number of nitrogens with zero attached hydrogens (tertiary/aromatic N) is 2. The number of fused-ring (bicyclic) bond motifs is 8. The highest BCUT2D eigenvalue weighted by Gasteiger charge is 2.20. The van der Waals surface area contributed by atoms with Crippen LogP contribution in [0.25, 0.3) is 43.2 Å². The van der Waals surface area contributed by atoms with Gasteiger partial charge in [-0.1, -0.05) is 0 Å². The maximum absolute atomic E-state index is 11.6. The van der Waals surface area contributed by atoms with Gasteiger partial charge >= 0.3 is 0 Å². The van der Waals surface area contributed by atoms with Gasteiger partial charge in [0.1, 0.15) is 0 Å². The van der Waals surface area contributed by atoms with Gasteiger partial charge in [0.05, 0.1) is 38.9 Å². The van der Waals surface area contributed by atoms with Gasteiger partial charge in [0.2, 0.25) is 0 Å². The van der Waals surface area contributed by atoms with Crippen LogP contribution >= 0.6 is 0 Å². The molecule has 0 atom stereocenters. The van der Waals surface area contributed by atoms with Crippen molar-refractivity contribution in [1.29, 1.82) is 0 Å². The van der Waals surface area contributed by atoms with E-state index in [-0.39, 0.29) is 5.69 Å². The van der Waals surface area contributed by atoms with Crippen LogP contribution in [0.1, 0.15) is 5.69 Å². The molecule has 5 aromatic rings. The second-order valence-corrected chi connectivity index (χ2v) is 7.91. The molecule has 0 bridgehead atoms. The van der Waals surface area contributed by atoms with Gasteiger partial charge in [-0.05, 0) is 58.8 Å².